The van der Waals surface area contributed by atoms with Crippen molar-refractivity contribution in [3.8, 4) is 22.5 Å². The third-order valence-electron chi connectivity index (χ3n) is 3.87. The number of aryl methyl sites for hydroxylation is 1. The van der Waals surface area contributed by atoms with E-state index in [1.54, 1.807) is 12.1 Å². The maximum atomic E-state index is 12.9. The number of aromatic amines is 1. The lowest BCUT2D eigenvalue weighted by Gasteiger charge is -2.11. The molecule has 1 aromatic heterocycles. The van der Waals surface area contributed by atoms with Crippen LogP contribution in [0.25, 0.3) is 22.5 Å². The van der Waals surface area contributed by atoms with Crippen molar-refractivity contribution in [2.24, 2.45) is 0 Å². The predicted molar refractivity (Wildman–Crippen MR) is 92.3 cm³/mol. The quantitative estimate of drug-likeness (QED) is 0.729. The van der Waals surface area contributed by atoms with E-state index in [-0.39, 0.29) is 10.7 Å². The molecule has 0 aliphatic rings. The monoisotopic (exact) mass is 380 g/mol. The molecule has 1 N–H and O–H groups in total. The van der Waals surface area contributed by atoms with Gasteiger partial charge in [0, 0.05) is 18.0 Å². The summed E-state index contributed by atoms with van der Waals surface area (Å²) in [6, 6.07) is 11.6. The van der Waals surface area contributed by atoms with Crippen molar-refractivity contribution in [2.45, 2.75) is 18.0 Å². The van der Waals surface area contributed by atoms with Crippen LogP contribution in [0.2, 0.25) is 0 Å². The van der Waals surface area contributed by atoms with Crippen molar-refractivity contribution in [3.63, 3.8) is 0 Å². The van der Waals surface area contributed by atoms with E-state index in [4.69, 9.17) is 0 Å². The zero-order chi connectivity index (χ0) is 19.1. The Morgan fingerprint density at radius 1 is 1.04 bits per heavy atom. The van der Waals surface area contributed by atoms with Crippen molar-refractivity contribution in [1.29, 1.82) is 0 Å². The van der Waals surface area contributed by atoms with Gasteiger partial charge in [0.2, 0.25) is 0 Å². The molecular weight excluding hydrogens is 365 g/mol. The van der Waals surface area contributed by atoms with Gasteiger partial charge in [-0.25, -0.2) is 13.4 Å². The number of hydrogen-bond donors (Lipinski definition) is 1. The van der Waals surface area contributed by atoms with Crippen molar-refractivity contribution in [2.75, 3.05) is 6.26 Å². The SMILES string of the molecule is Cc1cccc(-c2cc(S(C)(=O)=O)ccc2-c2nc(C(F)(F)F)c[nH]2)c1. The minimum atomic E-state index is -4.56. The van der Waals surface area contributed by atoms with Crippen LogP contribution >= 0.6 is 0 Å². The number of sulfone groups is 1. The van der Waals surface area contributed by atoms with Crippen molar-refractivity contribution >= 4 is 9.84 Å². The average molecular weight is 380 g/mol. The van der Waals surface area contributed by atoms with Gasteiger partial charge in [-0.2, -0.15) is 13.2 Å². The maximum absolute atomic E-state index is 12.9. The lowest BCUT2D eigenvalue weighted by molar-refractivity contribution is -0.140. The van der Waals surface area contributed by atoms with Crippen LogP contribution < -0.4 is 0 Å². The zero-order valence-corrected chi connectivity index (χ0v) is 14.7. The van der Waals surface area contributed by atoms with Gasteiger partial charge >= 0.3 is 6.18 Å². The highest BCUT2D eigenvalue weighted by atomic mass is 32.2. The van der Waals surface area contributed by atoms with E-state index in [9.17, 15) is 21.6 Å². The second kappa shape index (κ2) is 6.28. The molecule has 26 heavy (non-hydrogen) atoms. The second-order valence-corrected chi connectivity index (χ2v) is 8.00. The second-order valence-electron chi connectivity index (χ2n) is 5.98. The van der Waals surface area contributed by atoms with Crippen molar-refractivity contribution < 1.29 is 21.6 Å². The first-order valence-corrected chi connectivity index (χ1v) is 9.49. The topological polar surface area (TPSA) is 62.8 Å². The minimum Gasteiger partial charge on any atom is -0.344 e. The number of aromatic nitrogens is 2. The highest BCUT2D eigenvalue weighted by molar-refractivity contribution is 7.90. The van der Waals surface area contributed by atoms with Crippen LogP contribution in [0.5, 0.6) is 0 Å². The molecule has 0 aliphatic heterocycles. The summed E-state index contributed by atoms with van der Waals surface area (Å²) < 4.78 is 62.3. The summed E-state index contributed by atoms with van der Waals surface area (Å²) in [7, 11) is -3.47. The number of imidazole rings is 1. The van der Waals surface area contributed by atoms with E-state index in [1.807, 2.05) is 19.1 Å². The molecule has 1 heterocycles. The van der Waals surface area contributed by atoms with Gasteiger partial charge in [0.15, 0.2) is 15.5 Å². The van der Waals surface area contributed by atoms with Crippen LogP contribution in [0.1, 0.15) is 11.3 Å². The molecule has 0 saturated heterocycles. The van der Waals surface area contributed by atoms with Gasteiger partial charge in [0.1, 0.15) is 5.82 Å². The first-order valence-electron chi connectivity index (χ1n) is 7.60. The first kappa shape index (κ1) is 18.2. The van der Waals surface area contributed by atoms with Crippen LogP contribution in [0.15, 0.2) is 53.6 Å². The van der Waals surface area contributed by atoms with Gasteiger partial charge < -0.3 is 4.98 Å². The standard InChI is InChI=1S/C18H15F3N2O2S/c1-11-4-3-5-12(8-11)15-9-13(26(2,24)25)6-7-14(15)17-22-10-16(23-17)18(19,20)21/h3-10H,1-2H3,(H,22,23). The molecule has 0 fully saturated rings. The zero-order valence-electron chi connectivity index (χ0n) is 13.9. The van der Waals surface area contributed by atoms with Gasteiger partial charge in [-0.1, -0.05) is 29.8 Å². The van der Waals surface area contributed by atoms with Crippen LogP contribution in [0, 0.1) is 6.92 Å². The predicted octanol–water partition coefficient (Wildman–Crippen LogP) is 4.47. The molecule has 0 atom stereocenters. The molecule has 0 bridgehead atoms. The fourth-order valence-electron chi connectivity index (χ4n) is 2.62. The Bertz CT molecular complexity index is 1070. The Morgan fingerprint density at radius 3 is 2.35 bits per heavy atom. The van der Waals surface area contributed by atoms with Crippen LogP contribution in [0.4, 0.5) is 13.2 Å². The van der Waals surface area contributed by atoms with E-state index in [1.165, 1.54) is 18.2 Å². The molecule has 3 rings (SSSR count). The number of rotatable bonds is 3. The molecular formula is C18H15F3N2O2S. The van der Waals surface area contributed by atoms with Crippen molar-refractivity contribution in [3.05, 3.63) is 59.9 Å². The number of nitrogens with zero attached hydrogens (tertiary/aromatic N) is 1. The summed E-state index contributed by atoms with van der Waals surface area (Å²) in [6.07, 6.45) is -2.69. The third kappa shape index (κ3) is 3.65. The van der Waals surface area contributed by atoms with Gasteiger partial charge in [0.05, 0.1) is 4.90 Å². The largest absolute Gasteiger partial charge is 0.434 e. The highest BCUT2D eigenvalue weighted by Crippen LogP contribution is 2.35. The van der Waals surface area contributed by atoms with Gasteiger partial charge in [0.25, 0.3) is 0 Å². The number of halogens is 3. The Balaban J connectivity index is 2.23. The van der Waals surface area contributed by atoms with E-state index in [0.29, 0.717) is 16.7 Å². The summed E-state index contributed by atoms with van der Waals surface area (Å²) in [5, 5.41) is 0. The fraction of sp³-hybridized carbons (Fsp3) is 0.167. The number of H-pyrrole nitrogens is 1. The first-order chi connectivity index (χ1) is 12.1. The smallest absolute Gasteiger partial charge is 0.344 e. The van der Waals surface area contributed by atoms with E-state index in [2.05, 4.69) is 9.97 Å². The van der Waals surface area contributed by atoms with Gasteiger partial charge in [-0.3, -0.25) is 0 Å². The normalized spacial score (nSPS) is 12.3. The molecule has 0 amide bonds. The van der Waals surface area contributed by atoms with Crippen LogP contribution in [-0.4, -0.2) is 24.6 Å². The molecule has 0 aliphatic carbocycles. The molecule has 4 nitrogen and oxygen atoms in total. The lowest BCUT2D eigenvalue weighted by atomic mass is 9.98. The number of hydrogen-bond acceptors (Lipinski definition) is 3. The van der Waals surface area contributed by atoms with E-state index >= 15 is 0 Å². The van der Waals surface area contributed by atoms with Gasteiger partial charge in [-0.15, -0.1) is 0 Å². The summed E-state index contributed by atoms with van der Waals surface area (Å²) in [5.74, 6) is 0.0221. The van der Waals surface area contributed by atoms with Crippen molar-refractivity contribution in [1.82, 2.24) is 9.97 Å². The summed E-state index contributed by atoms with van der Waals surface area (Å²) >= 11 is 0. The number of alkyl halides is 3. The minimum absolute atomic E-state index is 0.0221. The Labute approximate surface area is 148 Å². The van der Waals surface area contributed by atoms with E-state index in [0.717, 1.165) is 18.0 Å². The summed E-state index contributed by atoms with van der Waals surface area (Å²) in [6.45, 7) is 1.87. The van der Waals surface area contributed by atoms with Crippen LogP contribution in [-0.2, 0) is 16.0 Å². The number of nitrogens with one attached hydrogen (secondary N) is 1. The van der Waals surface area contributed by atoms with Crippen LogP contribution in [0.3, 0.4) is 0 Å². The molecule has 2 aromatic carbocycles. The Kier molecular flexibility index (Phi) is 4.39. The third-order valence-corrected chi connectivity index (χ3v) is 4.98. The molecule has 3 aromatic rings. The number of benzene rings is 2. The highest BCUT2D eigenvalue weighted by Gasteiger charge is 2.34. The molecule has 0 radical (unpaired) electrons. The fourth-order valence-corrected chi connectivity index (χ4v) is 3.26. The average Bonchev–Trinajstić information content (AvgIpc) is 3.03. The molecule has 0 saturated carbocycles. The Hall–Kier alpha value is -2.61. The lowest BCUT2D eigenvalue weighted by Crippen LogP contribution is -2.05. The van der Waals surface area contributed by atoms with Gasteiger partial charge in [-0.05, 0) is 36.2 Å². The Morgan fingerprint density at radius 2 is 1.77 bits per heavy atom. The maximum Gasteiger partial charge on any atom is 0.434 e. The summed E-state index contributed by atoms with van der Waals surface area (Å²) in [4.78, 5) is 6.24. The van der Waals surface area contributed by atoms with E-state index < -0.39 is 21.7 Å². The molecule has 0 spiro atoms. The molecule has 136 valence electrons. The summed E-state index contributed by atoms with van der Waals surface area (Å²) in [5.41, 5.74) is 1.47. The molecule has 8 heteroatoms. The molecule has 0 unspecified atom stereocenters.